The number of piperidine rings is 2. The highest BCUT2D eigenvalue weighted by atomic mass is 16.5. The van der Waals surface area contributed by atoms with Crippen LogP contribution >= 0.6 is 0 Å². The number of ether oxygens (including phenoxy) is 1. The SMILES string of the molecule is COc1ccccc1N1CCCC(NC(=O)C2CCN(C(=O)N3CCCC3)CC2)C1. The zero-order chi connectivity index (χ0) is 20.9. The first-order valence-electron chi connectivity index (χ1n) is 11.4. The number of hydrogen-bond acceptors (Lipinski definition) is 4. The molecular weight excluding hydrogens is 380 g/mol. The second kappa shape index (κ2) is 9.58. The number of likely N-dealkylation sites (tertiary alicyclic amines) is 2. The summed E-state index contributed by atoms with van der Waals surface area (Å²) in [6.45, 7) is 4.91. The van der Waals surface area contributed by atoms with Gasteiger partial charge in [0.1, 0.15) is 5.75 Å². The summed E-state index contributed by atoms with van der Waals surface area (Å²) in [6, 6.07) is 8.38. The smallest absolute Gasteiger partial charge is 0.319 e. The molecule has 1 aromatic rings. The molecule has 0 aromatic heterocycles. The molecule has 0 spiro atoms. The van der Waals surface area contributed by atoms with Crippen LogP contribution in [0.5, 0.6) is 5.75 Å². The molecule has 0 saturated carbocycles. The molecule has 3 heterocycles. The number of benzene rings is 1. The van der Waals surface area contributed by atoms with Gasteiger partial charge >= 0.3 is 6.03 Å². The van der Waals surface area contributed by atoms with Gasteiger partial charge in [-0.3, -0.25) is 4.79 Å². The van der Waals surface area contributed by atoms with E-state index in [9.17, 15) is 9.59 Å². The summed E-state index contributed by atoms with van der Waals surface area (Å²) in [5.41, 5.74) is 1.09. The summed E-state index contributed by atoms with van der Waals surface area (Å²) in [7, 11) is 1.70. The van der Waals surface area contributed by atoms with Crippen molar-refractivity contribution in [2.24, 2.45) is 5.92 Å². The number of anilines is 1. The van der Waals surface area contributed by atoms with Crippen LogP contribution in [0.15, 0.2) is 24.3 Å². The molecule has 3 saturated heterocycles. The minimum absolute atomic E-state index is 0.00858. The van der Waals surface area contributed by atoms with Gasteiger partial charge in [0, 0.05) is 51.2 Å². The topological polar surface area (TPSA) is 65.1 Å². The molecule has 7 heteroatoms. The van der Waals surface area contributed by atoms with Crippen LogP contribution in [0.1, 0.15) is 38.5 Å². The lowest BCUT2D eigenvalue weighted by Crippen LogP contribution is -2.51. The van der Waals surface area contributed by atoms with Gasteiger partial charge in [-0.1, -0.05) is 12.1 Å². The normalized spacial score (nSPS) is 22.8. The molecule has 164 valence electrons. The van der Waals surface area contributed by atoms with Crippen molar-refractivity contribution in [3.63, 3.8) is 0 Å². The highest BCUT2D eigenvalue weighted by Crippen LogP contribution is 2.30. The lowest BCUT2D eigenvalue weighted by atomic mass is 9.95. The van der Waals surface area contributed by atoms with Crippen molar-refractivity contribution in [3.8, 4) is 5.75 Å². The van der Waals surface area contributed by atoms with E-state index in [2.05, 4.69) is 16.3 Å². The summed E-state index contributed by atoms with van der Waals surface area (Å²) < 4.78 is 5.51. The molecule has 1 N–H and O–H groups in total. The van der Waals surface area contributed by atoms with E-state index in [-0.39, 0.29) is 23.9 Å². The Bertz CT molecular complexity index is 742. The molecule has 3 aliphatic heterocycles. The zero-order valence-electron chi connectivity index (χ0n) is 18.0. The van der Waals surface area contributed by atoms with Crippen molar-refractivity contribution in [3.05, 3.63) is 24.3 Å². The van der Waals surface area contributed by atoms with Gasteiger partial charge in [0.25, 0.3) is 0 Å². The second-order valence-corrected chi connectivity index (χ2v) is 8.70. The molecule has 3 amide bonds. The molecule has 30 heavy (non-hydrogen) atoms. The van der Waals surface area contributed by atoms with Gasteiger partial charge in [-0.25, -0.2) is 4.79 Å². The molecule has 0 radical (unpaired) electrons. The minimum atomic E-state index is 0.00858. The Morgan fingerprint density at radius 3 is 2.37 bits per heavy atom. The summed E-state index contributed by atoms with van der Waals surface area (Å²) in [4.78, 5) is 31.6. The van der Waals surface area contributed by atoms with E-state index >= 15 is 0 Å². The van der Waals surface area contributed by atoms with Gasteiger partial charge in [0.2, 0.25) is 5.91 Å². The van der Waals surface area contributed by atoms with Gasteiger partial charge in [-0.15, -0.1) is 0 Å². The lowest BCUT2D eigenvalue weighted by Gasteiger charge is -2.37. The molecule has 7 nitrogen and oxygen atoms in total. The number of carbonyl (C=O) groups excluding carboxylic acids is 2. The van der Waals surface area contributed by atoms with Gasteiger partial charge in [-0.2, -0.15) is 0 Å². The summed E-state index contributed by atoms with van der Waals surface area (Å²) in [5.74, 6) is 1.03. The molecule has 0 aliphatic carbocycles. The van der Waals surface area contributed by atoms with E-state index in [1.807, 2.05) is 28.0 Å². The highest BCUT2D eigenvalue weighted by Gasteiger charge is 2.32. The molecule has 0 bridgehead atoms. The number of urea groups is 1. The number of hydrogen-bond donors (Lipinski definition) is 1. The number of para-hydroxylation sites is 2. The maximum atomic E-state index is 12.9. The van der Waals surface area contributed by atoms with Crippen LogP contribution in [0, 0.1) is 5.92 Å². The molecule has 3 aliphatic rings. The van der Waals surface area contributed by atoms with E-state index in [1.165, 1.54) is 0 Å². The van der Waals surface area contributed by atoms with Gasteiger partial charge in [0.05, 0.1) is 12.8 Å². The number of rotatable bonds is 4. The molecule has 4 rings (SSSR count). The second-order valence-electron chi connectivity index (χ2n) is 8.70. The first-order valence-corrected chi connectivity index (χ1v) is 11.4. The molecule has 1 aromatic carbocycles. The number of nitrogens with zero attached hydrogens (tertiary/aromatic N) is 3. The van der Waals surface area contributed by atoms with Gasteiger partial charge in [0.15, 0.2) is 0 Å². The number of nitrogens with one attached hydrogen (secondary N) is 1. The third kappa shape index (κ3) is 4.65. The third-order valence-electron chi connectivity index (χ3n) is 6.71. The van der Waals surface area contributed by atoms with E-state index in [0.29, 0.717) is 13.1 Å². The van der Waals surface area contributed by atoms with Crippen LogP contribution < -0.4 is 15.0 Å². The van der Waals surface area contributed by atoms with E-state index < -0.39 is 0 Å². The Morgan fingerprint density at radius 1 is 0.933 bits per heavy atom. The van der Waals surface area contributed by atoms with Crippen LogP contribution in [-0.4, -0.2) is 74.2 Å². The van der Waals surface area contributed by atoms with Crippen molar-refractivity contribution in [2.45, 2.75) is 44.6 Å². The monoisotopic (exact) mass is 414 g/mol. The first kappa shape index (κ1) is 20.8. The Morgan fingerprint density at radius 2 is 1.63 bits per heavy atom. The van der Waals surface area contributed by atoms with Gasteiger partial charge in [-0.05, 0) is 50.7 Å². The van der Waals surface area contributed by atoms with Crippen molar-refractivity contribution >= 4 is 17.6 Å². The number of methoxy groups -OCH3 is 1. The van der Waals surface area contributed by atoms with Crippen molar-refractivity contribution in [2.75, 3.05) is 51.3 Å². The van der Waals surface area contributed by atoms with Crippen molar-refractivity contribution in [1.82, 2.24) is 15.1 Å². The largest absolute Gasteiger partial charge is 0.495 e. The van der Waals surface area contributed by atoms with Crippen LogP contribution in [0.2, 0.25) is 0 Å². The highest BCUT2D eigenvalue weighted by molar-refractivity contribution is 5.80. The summed E-state index contributed by atoms with van der Waals surface area (Å²) in [6.07, 6.45) is 5.79. The Kier molecular flexibility index (Phi) is 6.65. The average Bonchev–Trinajstić information content (AvgIpc) is 3.34. The van der Waals surface area contributed by atoms with Crippen molar-refractivity contribution in [1.29, 1.82) is 0 Å². The van der Waals surface area contributed by atoms with Crippen LogP contribution in [0.3, 0.4) is 0 Å². The number of carbonyl (C=O) groups is 2. The standard InChI is InChI=1S/C23H34N4O3/c1-30-21-9-3-2-8-20(21)27-14-6-7-19(17-27)24-22(28)18-10-15-26(16-11-18)23(29)25-12-4-5-13-25/h2-3,8-9,18-19H,4-7,10-17H2,1H3,(H,24,28). The maximum absolute atomic E-state index is 12.9. The van der Waals surface area contributed by atoms with E-state index in [4.69, 9.17) is 4.74 Å². The average molecular weight is 415 g/mol. The third-order valence-corrected chi connectivity index (χ3v) is 6.71. The molecule has 1 unspecified atom stereocenters. The molecule has 3 fully saturated rings. The van der Waals surface area contributed by atoms with E-state index in [1.54, 1.807) is 7.11 Å². The van der Waals surface area contributed by atoms with Crippen molar-refractivity contribution < 1.29 is 14.3 Å². The Labute approximate surface area is 179 Å². The van der Waals surface area contributed by atoms with Gasteiger partial charge < -0.3 is 24.8 Å². The predicted octanol–water partition coefficient (Wildman–Crippen LogP) is 2.71. The fraction of sp³-hybridized carbons (Fsp3) is 0.652. The Hall–Kier alpha value is -2.44. The van der Waals surface area contributed by atoms with E-state index in [0.717, 1.165) is 76.1 Å². The lowest BCUT2D eigenvalue weighted by molar-refractivity contribution is -0.127. The van der Waals surface area contributed by atoms with Crippen LogP contribution in [-0.2, 0) is 4.79 Å². The zero-order valence-corrected chi connectivity index (χ0v) is 18.0. The predicted molar refractivity (Wildman–Crippen MR) is 117 cm³/mol. The number of amides is 3. The Balaban J connectivity index is 1.27. The molecular formula is C23H34N4O3. The fourth-order valence-corrected chi connectivity index (χ4v) is 4.97. The molecule has 1 atom stereocenters. The minimum Gasteiger partial charge on any atom is -0.495 e. The summed E-state index contributed by atoms with van der Waals surface area (Å²) in [5, 5.41) is 3.29. The quantitative estimate of drug-likeness (QED) is 0.823. The maximum Gasteiger partial charge on any atom is 0.319 e. The first-order chi connectivity index (χ1) is 14.7. The van der Waals surface area contributed by atoms with Crippen LogP contribution in [0.4, 0.5) is 10.5 Å². The van der Waals surface area contributed by atoms with Crippen LogP contribution in [0.25, 0.3) is 0 Å². The fourth-order valence-electron chi connectivity index (χ4n) is 4.97. The summed E-state index contributed by atoms with van der Waals surface area (Å²) >= 11 is 0.